The number of benzene rings is 1. The van der Waals surface area contributed by atoms with Crippen LogP contribution in [-0.2, 0) is 52.7 Å². The van der Waals surface area contributed by atoms with E-state index in [1.165, 1.54) is 112 Å². The van der Waals surface area contributed by atoms with Crippen molar-refractivity contribution in [1.29, 1.82) is 0 Å². The number of rotatable bonds is 31. The molecule has 1 unspecified atom stereocenters. The number of carbonyl (C=O) groups is 4. The Balaban J connectivity index is 0.000000558. The molecule has 3 aromatic rings. The van der Waals surface area contributed by atoms with Crippen molar-refractivity contribution in [3.8, 4) is 5.69 Å². The summed E-state index contributed by atoms with van der Waals surface area (Å²) < 4.78 is 18.1. The van der Waals surface area contributed by atoms with Crippen LogP contribution in [0.4, 0.5) is 5.82 Å². The first-order valence-corrected chi connectivity index (χ1v) is 29.0. The van der Waals surface area contributed by atoms with Crippen molar-refractivity contribution in [2.45, 2.75) is 166 Å². The molecule has 438 valence electrons. The summed E-state index contributed by atoms with van der Waals surface area (Å²) in [6.45, 7) is 31.5. The highest BCUT2D eigenvalue weighted by molar-refractivity contribution is 5.79. The first-order chi connectivity index (χ1) is 37.1. The van der Waals surface area contributed by atoms with Crippen molar-refractivity contribution in [2.75, 3.05) is 104 Å². The van der Waals surface area contributed by atoms with Gasteiger partial charge in [-0.05, 0) is 157 Å². The van der Waals surface area contributed by atoms with Gasteiger partial charge in [0.1, 0.15) is 5.82 Å². The number of nitrogens with zero attached hydrogens (tertiary/aromatic N) is 5. The highest BCUT2D eigenvalue weighted by Gasteiger charge is 2.21. The number of hydrogen-bond donors (Lipinski definition) is 5. The zero-order valence-electron chi connectivity index (χ0n) is 49.5. The van der Waals surface area contributed by atoms with Crippen LogP contribution in [0, 0.1) is 32.6 Å². The van der Waals surface area contributed by atoms with Gasteiger partial charge in [0.2, 0.25) is 17.7 Å². The molecule has 0 bridgehead atoms. The Hall–Kier alpha value is -4.94. The van der Waals surface area contributed by atoms with E-state index in [0.29, 0.717) is 77.9 Å². The maximum absolute atomic E-state index is 12.4. The Labute approximate surface area is 464 Å². The highest BCUT2D eigenvalue weighted by atomic mass is 16.5. The third kappa shape index (κ3) is 34.5. The zero-order valence-corrected chi connectivity index (χ0v) is 49.5. The van der Waals surface area contributed by atoms with E-state index in [1.54, 1.807) is 0 Å². The Morgan fingerprint density at radius 2 is 1.56 bits per heavy atom. The van der Waals surface area contributed by atoms with Crippen LogP contribution in [0.5, 0.6) is 0 Å². The van der Waals surface area contributed by atoms with Gasteiger partial charge < -0.3 is 50.8 Å². The summed E-state index contributed by atoms with van der Waals surface area (Å²) >= 11 is 0. The maximum atomic E-state index is 12.4. The van der Waals surface area contributed by atoms with Gasteiger partial charge in [-0.2, -0.15) is 5.10 Å². The van der Waals surface area contributed by atoms with Crippen LogP contribution in [-0.4, -0.2) is 152 Å². The second-order valence-electron chi connectivity index (χ2n) is 20.4. The number of likely N-dealkylation sites (tertiary alicyclic amines) is 1. The van der Waals surface area contributed by atoms with E-state index in [4.69, 9.17) is 34.8 Å². The van der Waals surface area contributed by atoms with E-state index < -0.39 is 0 Å². The summed E-state index contributed by atoms with van der Waals surface area (Å²) in [5.74, 6) is 2.61. The number of amides is 3. The molecule has 6 N–H and O–H groups in total. The second-order valence-corrected chi connectivity index (χ2v) is 20.4. The van der Waals surface area contributed by atoms with Gasteiger partial charge in [0.25, 0.3) is 6.47 Å². The molecule has 4 heterocycles. The number of aryl methyl sites for hydroxylation is 6. The van der Waals surface area contributed by atoms with Gasteiger partial charge in [-0.15, -0.1) is 0 Å². The quantitative estimate of drug-likeness (QED) is 0.0301. The fourth-order valence-corrected chi connectivity index (χ4v) is 8.77. The molecule has 17 nitrogen and oxygen atoms in total. The molecule has 1 saturated heterocycles. The van der Waals surface area contributed by atoms with E-state index in [2.05, 4.69) is 118 Å². The standard InChI is InChI=1S/C23H45N3O6.C16H25N3.C15H20N2.C5H13N.CH2O2/c1-5-12-26(13-9-20(2)3)23(29)8-6-7-22(28)25-11-15-31-17-19-32-18-16-30-14-10-24-21(4)27;1-2-19-11-9-13(12-19)5-7-15-8-6-14-4-3-10-17-16(14)18-15;1-5-6-14-7-11(2)8-15(10-14)17-13(4)9-12(3)16-17;1-2-3-4-5-6;2-1-3/h20H,5-19H2,1-4H3,(H,24,27)(H,25,28);6,8,13H,2-5,7,9-12H2,1H3,(H,17,18);7-10H,5-6H2,1-4H3;2-6H2,1H3;1H,(H,2,3). The lowest BCUT2D eigenvalue weighted by Crippen LogP contribution is -2.33. The highest BCUT2D eigenvalue weighted by Crippen LogP contribution is 2.24. The minimum atomic E-state index is -0.250. The van der Waals surface area contributed by atoms with E-state index >= 15 is 0 Å². The molecule has 1 aromatic carbocycles. The lowest BCUT2D eigenvalue weighted by Gasteiger charge is -2.23. The molecule has 2 aromatic heterocycles. The molecule has 77 heavy (non-hydrogen) atoms. The number of anilines is 1. The van der Waals surface area contributed by atoms with Crippen molar-refractivity contribution < 1.29 is 38.5 Å². The third-order valence-electron chi connectivity index (χ3n) is 12.9. The van der Waals surface area contributed by atoms with Crippen LogP contribution >= 0.6 is 0 Å². The number of pyridine rings is 1. The van der Waals surface area contributed by atoms with E-state index in [1.807, 2.05) is 16.5 Å². The van der Waals surface area contributed by atoms with Crippen molar-refractivity contribution >= 4 is 30.0 Å². The second kappa shape index (κ2) is 45.0. The minimum absolute atomic E-state index is 0.0571. The predicted octanol–water partition coefficient (Wildman–Crippen LogP) is 9.04. The van der Waals surface area contributed by atoms with Crippen molar-refractivity contribution in [2.24, 2.45) is 17.6 Å². The SMILES string of the molecule is CCCCCN.CCCN(CCC(C)C)C(=O)CCCC(=O)NCCOCCOCCOCCNC(C)=O.CCCc1cc(C)cc(-n2nc(C)cc2C)c1.CCN1CCC(CCc2ccc3c(n2)NCCC3)C1.O=CO. The number of nitrogens with two attached hydrogens (primary N) is 1. The number of hydrogen-bond acceptors (Lipinski definition) is 12. The van der Waals surface area contributed by atoms with Crippen molar-refractivity contribution in [3.63, 3.8) is 0 Å². The molecule has 2 aliphatic rings. The Morgan fingerprint density at radius 3 is 2.13 bits per heavy atom. The molecule has 0 spiro atoms. The molecule has 2 aliphatic heterocycles. The Bertz CT molecular complexity index is 2010. The third-order valence-corrected chi connectivity index (χ3v) is 12.9. The summed E-state index contributed by atoms with van der Waals surface area (Å²) in [5, 5.41) is 20.3. The molecule has 1 fully saturated rings. The number of fused-ring (bicyclic) bond motifs is 1. The first-order valence-electron chi connectivity index (χ1n) is 29.0. The molecule has 0 aliphatic carbocycles. The molecule has 3 amide bonds. The van der Waals surface area contributed by atoms with Gasteiger partial charge in [0.05, 0.1) is 51.0 Å². The summed E-state index contributed by atoms with van der Waals surface area (Å²) in [7, 11) is 0. The van der Waals surface area contributed by atoms with Gasteiger partial charge in [-0.1, -0.05) is 72.9 Å². The van der Waals surface area contributed by atoms with E-state index in [-0.39, 0.29) is 24.2 Å². The lowest BCUT2D eigenvalue weighted by molar-refractivity contribution is -0.131. The normalized spacial score (nSPS) is 13.5. The van der Waals surface area contributed by atoms with Gasteiger partial charge in [0.15, 0.2) is 0 Å². The summed E-state index contributed by atoms with van der Waals surface area (Å²) in [6, 6.07) is 13.3. The van der Waals surface area contributed by atoms with Gasteiger partial charge in [-0.3, -0.25) is 19.2 Å². The van der Waals surface area contributed by atoms with Crippen LogP contribution in [0.3, 0.4) is 0 Å². The van der Waals surface area contributed by atoms with Gasteiger partial charge >= 0.3 is 0 Å². The topological polar surface area (TPSA) is 216 Å². The van der Waals surface area contributed by atoms with E-state index in [0.717, 1.165) is 69.3 Å². The average Bonchev–Trinajstić information content (AvgIpc) is 4.02. The van der Waals surface area contributed by atoms with Crippen LogP contribution < -0.4 is 21.7 Å². The molecule has 0 saturated carbocycles. The van der Waals surface area contributed by atoms with Crippen molar-refractivity contribution in [1.82, 2.24) is 35.2 Å². The van der Waals surface area contributed by atoms with Crippen LogP contribution in [0.2, 0.25) is 0 Å². The Morgan fingerprint density at radius 1 is 0.870 bits per heavy atom. The molecule has 17 heteroatoms. The van der Waals surface area contributed by atoms with Crippen LogP contribution in [0.25, 0.3) is 5.69 Å². The minimum Gasteiger partial charge on any atom is -0.483 e. The first kappa shape index (κ1) is 70.1. The summed E-state index contributed by atoms with van der Waals surface area (Å²) in [4.78, 5) is 52.6. The summed E-state index contributed by atoms with van der Waals surface area (Å²) in [6.07, 6.45) is 15.6. The average molecular weight is 1080 g/mol. The summed E-state index contributed by atoms with van der Waals surface area (Å²) in [5.41, 5.74) is 14.0. The van der Waals surface area contributed by atoms with Crippen LogP contribution in [0.1, 0.15) is 159 Å². The monoisotopic (exact) mass is 1080 g/mol. The number of ether oxygens (including phenoxy) is 3. The Kier molecular flexibility index (Phi) is 40.9. The molecular formula is C60H105N9O8. The predicted molar refractivity (Wildman–Crippen MR) is 313 cm³/mol. The molecule has 5 rings (SSSR count). The zero-order chi connectivity index (χ0) is 57.1. The number of carbonyl (C=O) groups excluding carboxylic acids is 3. The van der Waals surface area contributed by atoms with E-state index in [9.17, 15) is 14.4 Å². The molecule has 0 radical (unpaired) electrons. The molecule has 1 atom stereocenters. The number of carboxylic acid groups (broad SMARTS) is 1. The maximum Gasteiger partial charge on any atom is 0.290 e. The van der Waals surface area contributed by atoms with Gasteiger partial charge in [-0.25, -0.2) is 9.67 Å². The lowest BCUT2D eigenvalue weighted by atomic mass is 10.00. The fraction of sp³-hybridized carbons (Fsp3) is 0.700. The smallest absolute Gasteiger partial charge is 0.290 e. The van der Waals surface area contributed by atoms with Gasteiger partial charge in [0, 0.05) is 70.4 Å². The number of nitrogens with one attached hydrogen (secondary N) is 3. The molecular weight excluding hydrogens is 975 g/mol. The fourth-order valence-electron chi connectivity index (χ4n) is 8.77. The number of aromatic nitrogens is 3. The largest absolute Gasteiger partial charge is 0.483 e. The van der Waals surface area contributed by atoms with Crippen molar-refractivity contribution in [3.05, 3.63) is 70.2 Å². The van der Waals surface area contributed by atoms with Crippen LogP contribution in [0.15, 0.2) is 36.4 Å². The number of unbranched alkanes of at least 4 members (excludes halogenated alkanes) is 2.